The van der Waals surface area contributed by atoms with Gasteiger partial charge in [0.25, 0.3) is 0 Å². The summed E-state index contributed by atoms with van der Waals surface area (Å²) in [5.41, 5.74) is 0. The summed E-state index contributed by atoms with van der Waals surface area (Å²) in [6, 6.07) is 0. The molecule has 1 heterocycles. The van der Waals surface area contributed by atoms with Gasteiger partial charge >= 0.3 is 17.9 Å². The minimum atomic E-state index is -1.06. The lowest BCUT2D eigenvalue weighted by Crippen LogP contribution is -2.43. The SMILES string of the molecule is CN1CCN(CCN(CC(=O)O)CC(=O)O)CCN(CC(=O)O)CC1. The molecule has 0 aromatic rings. The first-order valence-electron chi connectivity index (χ1n) is 8.27. The van der Waals surface area contributed by atoms with E-state index in [4.69, 9.17) is 15.3 Å². The van der Waals surface area contributed by atoms with Crippen molar-refractivity contribution in [2.75, 3.05) is 79.0 Å². The predicted octanol–water partition coefficient (Wildman–Crippen LogP) is -1.91. The molecule has 1 rings (SSSR count). The van der Waals surface area contributed by atoms with E-state index in [0.717, 1.165) is 19.6 Å². The van der Waals surface area contributed by atoms with Gasteiger partial charge in [-0.2, -0.15) is 0 Å². The van der Waals surface area contributed by atoms with Gasteiger partial charge in [-0.3, -0.25) is 29.1 Å². The van der Waals surface area contributed by atoms with Crippen LogP contribution in [-0.4, -0.2) is 132 Å². The molecule has 0 atom stereocenters. The van der Waals surface area contributed by atoms with Gasteiger partial charge < -0.3 is 20.2 Å². The van der Waals surface area contributed by atoms with Crippen LogP contribution in [0.15, 0.2) is 0 Å². The molecule has 1 saturated heterocycles. The molecule has 10 heteroatoms. The zero-order valence-electron chi connectivity index (χ0n) is 14.6. The van der Waals surface area contributed by atoms with Gasteiger partial charge in [0.15, 0.2) is 0 Å². The Morgan fingerprint density at radius 2 is 1.28 bits per heavy atom. The van der Waals surface area contributed by atoms with E-state index >= 15 is 0 Å². The van der Waals surface area contributed by atoms with Crippen LogP contribution in [0.25, 0.3) is 0 Å². The molecule has 0 aromatic heterocycles. The van der Waals surface area contributed by atoms with Crippen molar-refractivity contribution < 1.29 is 29.7 Å². The van der Waals surface area contributed by atoms with E-state index in [2.05, 4.69) is 9.80 Å². The fraction of sp³-hybridized carbons (Fsp3) is 0.800. The third kappa shape index (κ3) is 9.97. The largest absolute Gasteiger partial charge is 0.480 e. The van der Waals surface area contributed by atoms with Gasteiger partial charge in [0, 0.05) is 52.4 Å². The third-order valence-corrected chi connectivity index (χ3v) is 4.14. The van der Waals surface area contributed by atoms with Crippen LogP contribution < -0.4 is 0 Å². The lowest BCUT2D eigenvalue weighted by Gasteiger charge is -2.27. The van der Waals surface area contributed by atoms with Crippen molar-refractivity contribution in [3.05, 3.63) is 0 Å². The number of rotatable bonds is 9. The summed E-state index contributed by atoms with van der Waals surface area (Å²) in [7, 11) is 1.98. The Labute approximate surface area is 147 Å². The number of hydrogen-bond acceptors (Lipinski definition) is 7. The Balaban J connectivity index is 2.58. The maximum absolute atomic E-state index is 10.9. The van der Waals surface area contributed by atoms with Crippen LogP contribution in [0, 0.1) is 0 Å². The van der Waals surface area contributed by atoms with Crippen LogP contribution in [0.3, 0.4) is 0 Å². The lowest BCUT2D eigenvalue weighted by atomic mass is 10.3. The minimum absolute atomic E-state index is 0.00810. The van der Waals surface area contributed by atoms with Crippen molar-refractivity contribution in [3.63, 3.8) is 0 Å². The summed E-state index contributed by atoms with van der Waals surface area (Å²) < 4.78 is 0. The standard InChI is InChI=1S/C15H28N4O6/c1-16-2-4-17(6-8-18(5-3-16)10-13(20)21)7-9-19(11-14(22)23)12-15(24)25/h2-12H2,1H3,(H,20,21)(H,22,23)(H,24,25). The van der Waals surface area contributed by atoms with Gasteiger partial charge in [-0.15, -0.1) is 0 Å². The molecule has 0 amide bonds. The molecule has 144 valence electrons. The van der Waals surface area contributed by atoms with Crippen molar-refractivity contribution in [1.29, 1.82) is 0 Å². The minimum Gasteiger partial charge on any atom is -0.480 e. The molecule has 0 aliphatic carbocycles. The normalized spacial score (nSPS) is 18.5. The van der Waals surface area contributed by atoms with Crippen LogP contribution in [0.2, 0.25) is 0 Å². The maximum Gasteiger partial charge on any atom is 0.317 e. The number of likely N-dealkylation sites (N-methyl/N-ethyl adjacent to an activating group) is 1. The van der Waals surface area contributed by atoms with E-state index in [1.807, 2.05) is 11.9 Å². The van der Waals surface area contributed by atoms with Crippen molar-refractivity contribution in [2.45, 2.75) is 0 Å². The van der Waals surface area contributed by atoms with Crippen LogP contribution >= 0.6 is 0 Å². The second-order valence-corrected chi connectivity index (χ2v) is 6.31. The highest BCUT2D eigenvalue weighted by molar-refractivity contribution is 5.72. The van der Waals surface area contributed by atoms with Crippen molar-refractivity contribution in [2.24, 2.45) is 0 Å². The third-order valence-electron chi connectivity index (χ3n) is 4.14. The van der Waals surface area contributed by atoms with E-state index in [-0.39, 0.29) is 19.6 Å². The second kappa shape index (κ2) is 11.0. The van der Waals surface area contributed by atoms with Gasteiger partial charge in [0.2, 0.25) is 0 Å². The van der Waals surface area contributed by atoms with E-state index in [9.17, 15) is 14.4 Å². The predicted molar refractivity (Wildman–Crippen MR) is 89.7 cm³/mol. The Morgan fingerprint density at radius 1 is 0.800 bits per heavy atom. The van der Waals surface area contributed by atoms with Crippen LogP contribution in [0.1, 0.15) is 0 Å². The molecule has 0 bridgehead atoms. The molecule has 1 fully saturated rings. The highest BCUT2D eigenvalue weighted by Gasteiger charge is 2.18. The quantitative estimate of drug-likeness (QED) is 0.429. The summed E-state index contributed by atoms with van der Waals surface area (Å²) in [6.45, 7) is 4.56. The first kappa shape index (κ1) is 21.3. The van der Waals surface area contributed by atoms with Crippen LogP contribution in [0.5, 0.6) is 0 Å². The highest BCUT2D eigenvalue weighted by atomic mass is 16.4. The first-order chi connectivity index (χ1) is 11.8. The molecule has 0 unspecified atom stereocenters. The zero-order chi connectivity index (χ0) is 18.8. The second-order valence-electron chi connectivity index (χ2n) is 6.31. The number of carboxylic acids is 3. The summed E-state index contributed by atoms with van der Waals surface area (Å²) in [6.07, 6.45) is 0. The molecule has 10 nitrogen and oxygen atoms in total. The fourth-order valence-corrected chi connectivity index (χ4v) is 2.69. The van der Waals surface area contributed by atoms with Crippen LogP contribution in [0.4, 0.5) is 0 Å². The average molecular weight is 360 g/mol. The van der Waals surface area contributed by atoms with Crippen LogP contribution in [-0.2, 0) is 14.4 Å². The molecule has 25 heavy (non-hydrogen) atoms. The van der Waals surface area contributed by atoms with Gasteiger partial charge in [-0.05, 0) is 7.05 Å². The summed E-state index contributed by atoms with van der Waals surface area (Å²) >= 11 is 0. The smallest absolute Gasteiger partial charge is 0.317 e. The summed E-state index contributed by atoms with van der Waals surface area (Å²) in [5.74, 6) is -2.97. The van der Waals surface area contributed by atoms with Crippen molar-refractivity contribution >= 4 is 17.9 Å². The molecule has 0 radical (unpaired) electrons. The molecule has 3 N–H and O–H groups in total. The molecule has 0 aromatic carbocycles. The van der Waals surface area contributed by atoms with Crippen molar-refractivity contribution in [3.8, 4) is 0 Å². The van der Waals surface area contributed by atoms with E-state index in [1.54, 1.807) is 0 Å². The fourth-order valence-electron chi connectivity index (χ4n) is 2.69. The highest BCUT2D eigenvalue weighted by Crippen LogP contribution is 2.00. The molecular formula is C15H28N4O6. The van der Waals surface area contributed by atoms with E-state index in [1.165, 1.54) is 4.90 Å². The Morgan fingerprint density at radius 3 is 1.80 bits per heavy atom. The molecular weight excluding hydrogens is 332 g/mol. The van der Waals surface area contributed by atoms with Gasteiger partial charge in [-0.25, -0.2) is 0 Å². The maximum atomic E-state index is 10.9. The molecule has 1 aliphatic rings. The van der Waals surface area contributed by atoms with Gasteiger partial charge in [0.05, 0.1) is 19.6 Å². The van der Waals surface area contributed by atoms with Crippen molar-refractivity contribution in [1.82, 2.24) is 19.6 Å². The molecule has 0 saturated carbocycles. The Hall–Kier alpha value is -1.75. The average Bonchev–Trinajstić information content (AvgIpc) is 2.56. The monoisotopic (exact) mass is 360 g/mol. The van der Waals surface area contributed by atoms with Gasteiger partial charge in [0.1, 0.15) is 0 Å². The molecule has 0 spiro atoms. The molecule has 1 aliphatic heterocycles. The number of nitrogens with zero attached hydrogens (tertiary/aromatic N) is 4. The lowest BCUT2D eigenvalue weighted by molar-refractivity contribution is -0.142. The summed E-state index contributed by atoms with van der Waals surface area (Å²) in [5, 5.41) is 26.8. The summed E-state index contributed by atoms with van der Waals surface area (Å²) in [4.78, 5) is 40.2. The topological polar surface area (TPSA) is 125 Å². The van der Waals surface area contributed by atoms with Gasteiger partial charge in [-0.1, -0.05) is 0 Å². The number of carbonyl (C=O) groups is 3. The Bertz CT molecular complexity index is 445. The Kier molecular flexibility index (Phi) is 9.35. The number of aliphatic carboxylic acids is 3. The van der Waals surface area contributed by atoms with E-state index < -0.39 is 17.9 Å². The first-order valence-corrected chi connectivity index (χ1v) is 8.27. The zero-order valence-corrected chi connectivity index (χ0v) is 14.6. The number of hydrogen-bond donors (Lipinski definition) is 3. The number of carboxylic acid groups (broad SMARTS) is 3. The van der Waals surface area contributed by atoms with E-state index in [0.29, 0.717) is 32.7 Å².